The summed E-state index contributed by atoms with van der Waals surface area (Å²) in [6.07, 6.45) is 2.68. The van der Waals surface area contributed by atoms with Crippen LogP contribution in [0.3, 0.4) is 0 Å². The van der Waals surface area contributed by atoms with Crippen LogP contribution in [-0.2, 0) is 18.2 Å². The van der Waals surface area contributed by atoms with E-state index >= 15 is 0 Å². The number of hydrazine groups is 1. The summed E-state index contributed by atoms with van der Waals surface area (Å²) >= 11 is 0. The van der Waals surface area contributed by atoms with Gasteiger partial charge in [-0.25, -0.2) is 0 Å². The van der Waals surface area contributed by atoms with Crippen LogP contribution in [0.4, 0.5) is 0 Å². The Morgan fingerprint density at radius 1 is 1.62 bits per heavy atom. The van der Waals surface area contributed by atoms with Crippen LogP contribution in [0.1, 0.15) is 26.5 Å². The van der Waals surface area contributed by atoms with Gasteiger partial charge in [0.25, 0.3) is 0 Å². The van der Waals surface area contributed by atoms with Crippen LogP contribution in [0.2, 0.25) is 0 Å². The van der Waals surface area contributed by atoms with Gasteiger partial charge in [-0.2, -0.15) is 5.10 Å². The Morgan fingerprint density at radius 3 is 2.75 bits per heavy atom. The molecule has 0 aliphatic carbocycles. The molecular weight excluding hydrogens is 204 g/mol. The molecule has 0 bridgehead atoms. The van der Waals surface area contributed by atoms with Gasteiger partial charge < -0.3 is 4.74 Å². The Hall–Kier alpha value is -0.910. The van der Waals surface area contributed by atoms with Gasteiger partial charge in [0.05, 0.1) is 17.3 Å². The minimum atomic E-state index is -0.305. The second kappa shape index (κ2) is 5.43. The Kier molecular flexibility index (Phi) is 4.46. The third kappa shape index (κ3) is 3.30. The Morgan fingerprint density at radius 2 is 2.31 bits per heavy atom. The van der Waals surface area contributed by atoms with E-state index in [9.17, 15) is 0 Å². The van der Waals surface area contributed by atoms with Gasteiger partial charge in [-0.05, 0) is 26.8 Å². The molecule has 1 unspecified atom stereocenters. The number of nitrogens with zero attached hydrogens (tertiary/aromatic N) is 2. The highest BCUT2D eigenvalue weighted by atomic mass is 16.5. The number of nitrogens with one attached hydrogen (secondary N) is 1. The Balaban J connectivity index is 2.68. The Labute approximate surface area is 96.9 Å². The normalized spacial score (nSPS) is 14.1. The van der Waals surface area contributed by atoms with Crippen molar-refractivity contribution in [1.29, 1.82) is 0 Å². The average Bonchev–Trinajstić information content (AvgIpc) is 2.60. The predicted molar refractivity (Wildman–Crippen MR) is 63.7 cm³/mol. The maximum absolute atomic E-state index is 5.68. The van der Waals surface area contributed by atoms with E-state index in [1.54, 1.807) is 4.68 Å². The van der Waals surface area contributed by atoms with E-state index in [-0.39, 0.29) is 11.6 Å². The van der Waals surface area contributed by atoms with Gasteiger partial charge in [0.1, 0.15) is 0 Å². The van der Waals surface area contributed by atoms with Gasteiger partial charge in [-0.15, -0.1) is 0 Å². The monoisotopic (exact) mass is 226 g/mol. The molecule has 0 aromatic carbocycles. The molecule has 5 heteroatoms. The zero-order chi connectivity index (χ0) is 12.2. The first kappa shape index (κ1) is 13.2. The number of aromatic nitrogens is 2. The molecular formula is C11H22N4O. The van der Waals surface area contributed by atoms with Crippen LogP contribution in [0.5, 0.6) is 0 Å². The lowest BCUT2D eigenvalue weighted by Gasteiger charge is -2.33. The van der Waals surface area contributed by atoms with Crippen LogP contribution in [0, 0.1) is 0 Å². The molecule has 1 rings (SSSR count). The van der Waals surface area contributed by atoms with Crippen LogP contribution in [0.15, 0.2) is 12.3 Å². The van der Waals surface area contributed by atoms with Crippen LogP contribution in [-0.4, -0.2) is 28.0 Å². The highest BCUT2D eigenvalue weighted by Gasteiger charge is 2.29. The molecule has 1 atom stereocenters. The average molecular weight is 226 g/mol. The summed E-state index contributed by atoms with van der Waals surface area (Å²) in [5, 5.41) is 4.34. The summed E-state index contributed by atoms with van der Waals surface area (Å²) in [6, 6.07) is 2.04. The van der Waals surface area contributed by atoms with E-state index in [1.165, 1.54) is 0 Å². The summed E-state index contributed by atoms with van der Waals surface area (Å²) in [6.45, 7) is 6.72. The quantitative estimate of drug-likeness (QED) is 0.551. The van der Waals surface area contributed by atoms with Crippen molar-refractivity contribution in [3.05, 3.63) is 18.0 Å². The number of hydrogen-bond donors (Lipinski definition) is 2. The van der Waals surface area contributed by atoms with Crippen molar-refractivity contribution in [2.24, 2.45) is 12.9 Å². The Bertz CT molecular complexity index is 322. The van der Waals surface area contributed by atoms with E-state index in [2.05, 4.69) is 10.5 Å². The summed E-state index contributed by atoms with van der Waals surface area (Å²) in [7, 11) is 1.90. The molecule has 5 nitrogen and oxygen atoms in total. The summed E-state index contributed by atoms with van der Waals surface area (Å²) in [4.78, 5) is 0. The van der Waals surface area contributed by atoms with Gasteiger partial charge in [-0.3, -0.25) is 16.0 Å². The fourth-order valence-electron chi connectivity index (χ4n) is 1.76. The van der Waals surface area contributed by atoms with Crippen molar-refractivity contribution in [3.8, 4) is 0 Å². The molecule has 0 aliphatic rings. The topological polar surface area (TPSA) is 65.1 Å². The smallest absolute Gasteiger partial charge is 0.0795 e. The molecule has 0 amide bonds. The molecule has 1 aromatic rings. The lowest BCUT2D eigenvalue weighted by molar-refractivity contribution is -0.0383. The van der Waals surface area contributed by atoms with Crippen molar-refractivity contribution in [1.82, 2.24) is 15.2 Å². The van der Waals surface area contributed by atoms with Gasteiger partial charge in [0.15, 0.2) is 0 Å². The van der Waals surface area contributed by atoms with Crippen molar-refractivity contribution in [3.63, 3.8) is 0 Å². The number of ether oxygens (including phenoxy) is 1. The van der Waals surface area contributed by atoms with E-state index < -0.39 is 0 Å². The van der Waals surface area contributed by atoms with Crippen molar-refractivity contribution >= 4 is 0 Å². The third-order valence-electron chi connectivity index (χ3n) is 2.74. The molecule has 16 heavy (non-hydrogen) atoms. The van der Waals surface area contributed by atoms with Crippen molar-refractivity contribution in [2.75, 3.05) is 6.61 Å². The van der Waals surface area contributed by atoms with Crippen molar-refractivity contribution in [2.45, 2.75) is 38.8 Å². The minimum Gasteiger partial charge on any atom is -0.374 e. The van der Waals surface area contributed by atoms with Crippen molar-refractivity contribution < 1.29 is 4.74 Å². The van der Waals surface area contributed by atoms with Gasteiger partial charge in [0, 0.05) is 26.3 Å². The number of nitrogens with two attached hydrogens (primary N) is 1. The molecule has 92 valence electrons. The van der Waals surface area contributed by atoms with E-state index in [0.29, 0.717) is 6.61 Å². The van der Waals surface area contributed by atoms with E-state index in [4.69, 9.17) is 10.6 Å². The van der Waals surface area contributed by atoms with E-state index in [1.807, 2.05) is 40.1 Å². The number of rotatable bonds is 6. The maximum atomic E-state index is 5.68. The zero-order valence-corrected chi connectivity index (χ0v) is 10.5. The second-order valence-electron chi connectivity index (χ2n) is 4.44. The molecule has 0 saturated heterocycles. The summed E-state index contributed by atoms with van der Waals surface area (Å²) in [5.74, 6) is 5.58. The first-order chi connectivity index (χ1) is 7.49. The highest BCUT2D eigenvalue weighted by molar-refractivity contribution is 5.04. The zero-order valence-electron chi connectivity index (χ0n) is 10.5. The van der Waals surface area contributed by atoms with Gasteiger partial charge in [0.2, 0.25) is 0 Å². The van der Waals surface area contributed by atoms with E-state index in [0.717, 1.165) is 12.1 Å². The second-order valence-corrected chi connectivity index (χ2v) is 4.44. The first-order valence-electron chi connectivity index (χ1n) is 5.58. The fourth-order valence-corrected chi connectivity index (χ4v) is 1.76. The molecule has 0 fully saturated rings. The lowest BCUT2D eigenvalue weighted by Crippen LogP contribution is -2.52. The molecule has 0 radical (unpaired) electrons. The molecule has 0 spiro atoms. The largest absolute Gasteiger partial charge is 0.374 e. The van der Waals surface area contributed by atoms with Gasteiger partial charge >= 0.3 is 0 Å². The maximum Gasteiger partial charge on any atom is 0.0795 e. The fraction of sp³-hybridized carbons (Fsp3) is 0.727. The molecule has 0 aliphatic heterocycles. The van der Waals surface area contributed by atoms with Gasteiger partial charge in [-0.1, -0.05) is 0 Å². The van der Waals surface area contributed by atoms with Crippen LogP contribution >= 0.6 is 0 Å². The predicted octanol–water partition coefficient (Wildman–Crippen LogP) is 0.610. The first-order valence-corrected chi connectivity index (χ1v) is 5.58. The highest BCUT2D eigenvalue weighted by Crippen LogP contribution is 2.17. The SMILES string of the molecule is CCOC(C)(C)C(Cc1ccn(C)n1)NN. The standard InChI is InChI=1S/C11H22N4O/c1-5-16-11(2,3)10(13-12)8-9-6-7-15(4)14-9/h6-7,10,13H,5,8,12H2,1-4H3. The minimum absolute atomic E-state index is 0.0438. The third-order valence-corrected chi connectivity index (χ3v) is 2.74. The number of hydrogen-bond acceptors (Lipinski definition) is 4. The molecule has 0 saturated carbocycles. The molecule has 1 aromatic heterocycles. The van der Waals surface area contributed by atoms with Crippen LogP contribution in [0.25, 0.3) is 0 Å². The molecule has 3 N–H and O–H groups in total. The summed E-state index contributed by atoms with van der Waals surface area (Å²) < 4.78 is 7.47. The van der Waals surface area contributed by atoms with Crippen LogP contribution < -0.4 is 11.3 Å². The number of aryl methyl sites for hydroxylation is 1. The lowest BCUT2D eigenvalue weighted by atomic mass is 9.95. The molecule has 1 heterocycles. The summed E-state index contributed by atoms with van der Waals surface area (Å²) in [5.41, 5.74) is 3.52.